The van der Waals surface area contributed by atoms with Crippen molar-refractivity contribution in [3.8, 4) is 0 Å². The average Bonchev–Trinajstić information content (AvgIpc) is 3.19. The van der Waals surface area contributed by atoms with E-state index in [-0.39, 0.29) is 17.5 Å². The Bertz CT molecular complexity index is 854. The number of hydrogen-bond acceptors (Lipinski definition) is 5. The summed E-state index contributed by atoms with van der Waals surface area (Å²) in [6.45, 7) is 1.41. The van der Waals surface area contributed by atoms with Gasteiger partial charge in [-0.1, -0.05) is 17.3 Å². The monoisotopic (exact) mass is 327 g/mol. The van der Waals surface area contributed by atoms with E-state index in [1.807, 2.05) is 6.20 Å². The average molecular weight is 327 g/mol. The van der Waals surface area contributed by atoms with Gasteiger partial charge in [0, 0.05) is 13.1 Å². The maximum absolute atomic E-state index is 13.7. The lowest BCUT2D eigenvalue weighted by Gasteiger charge is -2.38. The van der Waals surface area contributed by atoms with Gasteiger partial charge in [0.15, 0.2) is 0 Å². The Balaban J connectivity index is 1.38. The first-order valence-electron chi connectivity index (χ1n) is 7.49. The van der Waals surface area contributed by atoms with E-state index in [1.165, 1.54) is 16.9 Å². The minimum Gasteiger partial charge on any atom is -0.334 e. The van der Waals surface area contributed by atoms with Crippen LogP contribution in [0.4, 0.5) is 4.39 Å². The highest BCUT2D eigenvalue weighted by molar-refractivity contribution is 5.95. The van der Waals surface area contributed by atoms with Gasteiger partial charge >= 0.3 is 0 Å². The molecule has 24 heavy (non-hydrogen) atoms. The first-order valence-corrected chi connectivity index (χ1v) is 7.49. The topological polar surface area (TPSA) is 81.7 Å². The van der Waals surface area contributed by atoms with E-state index >= 15 is 0 Å². The van der Waals surface area contributed by atoms with Crippen molar-refractivity contribution in [2.75, 3.05) is 13.1 Å². The summed E-state index contributed by atoms with van der Waals surface area (Å²) in [6.07, 6.45) is 5.02. The van der Waals surface area contributed by atoms with Gasteiger partial charge in [-0.25, -0.2) is 9.07 Å². The number of rotatable bonds is 4. The van der Waals surface area contributed by atoms with Gasteiger partial charge in [-0.3, -0.25) is 4.79 Å². The summed E-state index contributed by atoms with van der Waals surface area (Å²) in [5, 5.41) is 16.2. The molecule has 9 heteroatoms. The summed E-state index contributed by atoms with van der Waals surface area (Å²) >= 11 is 0. The van der Waals surface area contributed by atoms with Gasteiger partial charge < -0.3 is 4.90 Å². The summed E-state index contributed by atoms with van der Waals surface area (Å²) in [6, 6.07) is 6.05. The fourth-order valence-corrected chi connectivity index (χ4v) is 2.63. The third kappa shape index (κ3) is 2.64. The van der Waals surface area contributed by atoms with Crippen LogP contribution in [0.1, 0.15) is 22.1 Å². The fraction of sp³-hybridized carbons (Fsp3) is 0.267. The van der Waals surface area contributed by atoms with Gasteiger partial charge in [0.1, 0.15) is 18.1 Å². The fourth-order valence-electron chi connectivity index (χ4n) is 2.63. The summed E-state index contributed by atoms with van der Waals surface area (Å²) in [5.74, 6) is -0.800. The normalized spacial score (nSPS) is 14.6. The van der Waals surface area contributed by atoms with Crippen molar-refractivity contribution in [2.24, 2.45) is 0 Å². The Hall–Kier alpha value is -3.10. The summed E-state index contributed by atoms with van der Waals surface area (Å²) in [4.78, 5) is 15.4. The SMILES string of the molecule is O=C(c1ccccc1F)N1CC(n2cc(Cn3nccn3)nn2)C1. The van der Waals surface area contributed by atoms with Gasteiger partial charge in [-0.2, -0.15) is 15.0 Å². The number of hydrogen-bond donors (Lipinski definition) is 0. The van der Waals surface area contributed by atoms with E-state index in [1.54, 1.807) is 34.1 Å². The van der Waals surface area contributed by atoms with Crippen LogP contribution in [-0.4, -0.2) is 53.9 Å². The van der Waals surface area contributed by atoms with Crippen molar-refractivity contribution in [3.63, 3.8) is 0 Å². The second kappa shape index (κ2) is 5.84. The van der Waals surface area contributed by atoms with Crippen LogP contribution >= 0.6 is 0 Å². The van der Waals surface area contributed by atoms with E-state index in [2.05, 4.69) is 20.5 Å². The van der Waals surface area contributed by atoms with Crippen molar-refractivity contribution in [3.05, 3.63) is 59.9 Å². The molecule has 0 atom stereocenters. The maximum Gasteiger partial charge on any atom is 0.256 e. The van der Waals surface area contributed by atoms with Crippen molar-refractivity contribution in [2.45, 2.75) is 12.6 Å². The zero-order valence-corrected chi connectivity index (χ0v) is 12.7. The molecule has 0 bridgehead atoms. The van der Waals surface area contributed by atoms with Crippen molar-refractivity contribution in [1.82, 2.24) is 34.9 Å². The van der Waals surface area contributed by atoms with Crippen LogP contribution < -0.4 is 0 Å². The molecular formula is C15H14FN7O. The van der Waals surface area contributed by atoms with Gasteiger partial charge in [0.25, 0.3) is 5.91 Å². The largest absolute Gasteiger partial charge is 0.334 e. The Morgan fingerprint density at radius 1 is 1.21 bits per heavy atom. The van der Waals surface area contributed by atoms with Crippen molar-refractivity contribution in [1.29, 1.82) is 0 Å². The van der Waals surface area contributed by atoms with Crippen LogP contribution in [0.5, 0.6) is 0 Å². The van der Waals surface area contributed by atoms with E-state index in [9.17, 15) is 9.18 Å². The van der Waals surface area contributed by atoms with Gasteiger partial charge in [-0.05, 0) is 12.1 Å². The van der Waals surface area contributed by atoms with Crippen LogP contribution in [0.25, 0.3) is 0 Å². The number of carbonyl (C=O) groups excluding carboxylic acids is 1. The number of amides is 1. The first kappa shape index (κ1) is 14.5. The molecule has 8 nitrogen and oxygen atoms in total. The van der Waals surface area contributed by atoms with E-state index in [0.29, 0.717) is 19.6 Å². The zero-order chi connectivity index (χ0) is 16.5. The molecule has 1 aromatic carbocycles. The van der Waals surface area contributed by atoms with Crippen molar-refractivity contribution < 1.29 is 9.18 Å². The van der Waals surface area contributed by atoms with Gasteiger partial charge in [-0.15, -0.1) is 5.10 Å². The molecule has 122 valence electrons. The smallest absolute Gasteiger partial charge is 0.256 e. The highest BCUT2D eigenvalue weighted by Crippen LogP contribution is 2.23. The Kier molecular flexibility index (Phi) is 3.52. The molecule has 4 rings (SSSR count). The number of aromatic nitrogens is 6. The molecule has 3 heterocycles. The molecule has 1 amide bonds. The number of carbonyl (C=O) groups is 1. The predicted molar refractivity (Wildman–Crippen MR) is 80.5 cm³/mol. The zero-order valence-electron chi connectivity index (χ0n) is 12.7. The van der Waals surface area contributed by atoms with E-state index < -0.39 is 5.82 Å². The molecule has 0 unspecified atom stereocenters. The molecule has 3 aromatic rings. The Labute approximate surface area is 136 Å². The lowest BCUT2D eigenvalue weighted by Crippen LogP contribution is -2.51. The molecule has 1 fully saturated rings. The Morgan fingerprint density at radius 2 is 1.96 bits per heavy atom. The highest BCUT2D eigenvalue weighted by Gasteiger charge is 2.34. The molecule has 2 aromatic heterocycles. The molecule has 1 saturated heterocycles. The first-order chi connectivity index (χ1) is 11.7. The number of likely N-dealkylation sites (tertiary alicyclic amines) is 1. The standard InChI is InChI=1S/C15H14FN7O/c16-14-4-2-1-3-13(14)15(24)21-9-12(10-21)22-7-11(19-20-22)8-23-17-5-6-18-23/h1-7,12H,8-10H2. The second-order valence-electron chi connectivity index (χ2n) is 5.59. The van der Waals surface area contributed by atoms with Crippen molar-refractivity contribution >= 4 is 5.91 Å². The summed E-state index contributed by atoms with van der Waals surface area (Å²) in [7, 11) is 0. The minimum absolute atomic E-state index is 0.0487. The molecule has 1 aliphatic heterocycles. The summed E-state index contributed by atoms with van der Waals surface area (Å²) in [5.41, 5.74) is 0.838. The van der Waals surface area contributed by atoms with E-state index in [4.69, 9.17) is 0 Å². The third-order valence-corrected chi connectivity index (χ3v) is 3.96. The number of nitrogens with zero attached hydrogens (tertiary/aromatic N) is 7. The molecule has 0 N–H and O–H groups in total. The van der Waals surface area contributed by atoms with Gasteiger partial charge in [0.05, 0.1) is 30.2 Å². The molecule has 0 saturated carbocycles. The third-order valence-electron chi connectivity index (χ3n) is 3.96. The lowest BCUT2D eigenvalue weighted by atomic mass is 10.1. The predicted octanol–water partition coefficient (Wildman–Crippen LogP) is 0.754. The maximum atomic E-state index is 13.7. The number of benzene rings is 1. The molecule has 1 aliphatic rings. The van der Waals surface area contributed by atoms with Gasteiger partial charge in [0.2, 0.25) is 0 Å². The lowest BCUT2D eigenvalue weighted by molar-refractivity contribution is 0.0493. The Morgan fingerprint density at radius 3 is 2.71 bits per heavy atom. The quantitative estimate of drug-likeness (QED) is 0.706. The van der Waals surface area contributed by atoms with E-state index in [0.717, 1.165) is 5.69 Å². The second-order valence-corrected chi connectivity index (χ2v) is 5.59. The summed E-state index contributed by atoms with van der Waals surface area (Å²) < 4.78 is 15.4. The minimum atomic E-state index is -0.499. The highest BCUT2D eigenvalue weighted by atomic mass is 19.1. The van der Waals surface area contributed by atoms with Crippen LogP contribution in [-0.2, 0) is 6.54 Å². The number of halogens is 1. The molecule has 0 aliphatic carbocycles. The van der Waals surface area contributed by atoms with Crippen LogP contribution in [0.2, 0.25) is 0 Å². The van der Waals surface area contributed by atoms with Crippen LogP contribution in [0.3, 0.4) is 0 Å². The molecular weight excluding hydrogens is 313 g/mol. The molecule has 0 radical (unpaired) electrons. The van der Waals surface area contributed by atoms with Crippen LogP contribution in [0, 0.1) is 5.82 Å². The van der Waals surface area contributed by atoms with Crippen LogP contribution in [0.15, 0.2) is 42.9 Å². The molecule has 0 spiro atoms.